The van der Waals surface area contributed by atoms with Crippen LogP contribution in [0.25, 0.3) is 0 Å². The average Bonchev–Trinajstić information content (AvgIpc) is 2.47. The van der Waals surface area contributed by atoms with E-state index in [-0.39, 0.29) is 19.0 Å². The van der Waals surface area contributed by atoms with E-state index in [0.717, 1.165) is 10.0 Å². The lowest BCUT2D eigenvalue weighted by molar-refractivity contribution is 0.117. The molecule has 0 heterocycles. The van der Waals surface area contributed by atoms with Crippen molar-refractivity contribution in [3.05, 3.63) is 58.3 Å². The number of nitrogens with one attached hydrogen (secondary N) is 1. The summed E-state index contributed by atoms with van der Waals surface area (Å²) in [5.41, 5.74) is 1.34. The molecule has 112 valence electrons. The quantitative estimate of drug-likeness (QED) is 0.830. The normalized spacial score (nSPS) is 12.0. The van der Waals surface area contributed by atoms with Gasteiger partial charge >= 0.3 is 0 Å². The first kappa shape index (κ1) is 15.8. The summed E-state index contributed by atoms with van der Waals surface area (Å²) in [5, 5.41) is 12.8. The first-order valence-corrected chi connectivity index (χ1v) is 7.40. The molecular weight excluding hydrogens is 337 g/mol. The van der Waals surface area contributed by atoms with E-state index < -0.39 is 6.10 Å². The van der Waals surface area contributed by atoms with E-state index in [2.05, 4.69) is 21.2 Å². The number of rotatable bonds is 6. The number of hydrogen-bond donors (Lipinski definition) is 2. The van der Waals surface area contributed by atoms with Gasteiger partial charge in [-0.2, -0.15) is 0 Å². The van der Waals surface area contributed by atoms with E-state index in [9.17, 15) is 9.50 Å². The van der Waals surface area contributed by atoms with Gasteiger partial charge in [0.2, 0.25) is 0 Å². The molecule has 5 heteroatoms. The van der Waals surface area contributed by atoms with Crippen molar-refractivity contribution in [3.8, 4) is 5.75 Å². The summed E-state index contributed by atoms with van der Waals surface area (Å²) in [6.45, 7) is 2.25. The molecule has 2 aromatic rings. The molecule has 0 aromatic heterocycles. The van der Waals surface area contributed by atoms with Gasteiger partial charge in [-0.15, -0.1) is 0 Å². The molecule has 0 amide bonds. The van der Waals surface area contributed by atoms with Gasteiger partial charge in [-0.25, -0.2) is 4.39 Å². The molecule has 0 aliphatic rings. The molecule has 1 unspecified atom stereocenters. The molecule has 0 spiro atoms. The van der Waals surface area contributed by atoms with E-state index in [1.807, 2.05) is 31.2 Å². The standard InChI is InChI=1S/C16H17BrFNO2/c1-11-2-7-15(18)16(8-11)19-9-13(20)10-21-14-5-3-12(17)4-6-14/h2-8,13,19-20H,9-10H2,1H3. The Morgan fingerprint density at radius 3 is 2.67 bits per heavy atom. The second-order valence-corrected chi connectivity index (χ2v) is 5.70. The SMILES string of the molecule is Cc1ccc(F)c(NCC(O)COc2ccc(Br)cc2)c1. The zero-order valence-electron chi connectivity index (χ0n) is 11.6. The highest BCUT2D eigenvalue weighted by molar-refractivity contribution is 9.10. The largest absolute Gasteiger partial charge is 0.491 e. The Labute approximate surface area is 131 Å². The number of halogens is 2. The average molecular weight is 354 g/mol. The summed E-state index contributed by atoms with van der Waals surface area (Å²) in [6, 6.07) is 12.2. The zero-order chi connectivity index (χ0) is 15.2. The molecule has 0 saturated heterocycles. The van der Waals surface area contributed by atoms with Gasteiger partial charge in [0.05, 0.1) is 5.69 Å². The van der Waals surface area contributed by atoms with E-state index in [4.69, 9.17) is 4.74 Å². The molecule has 2 aromatic carbocycles. The highest BCUT2D eigenvalue weighted by Gasteiger charge is 2.08. The van der Waals surface area contributed by atoms with E-state index in [0.29, 0.717) is 11.4 Å². The zero-order valence-corrected chi connectivity index (χ0v) is 13.2. The fraction of sp³-hybridized carbons (Fsp3) is 0.250. The van der Waals surface area contributed by atoms with Crippen molar-refractivity contribution in [2.75, 3.05) is 18.5 Å². The molecule has 1 atom stereocenters. The molecule has 0 bridgehead atoms. The van der Waals surface area contributed by atoms with Crippen molar-refractivity contribution in [1.82, 2.24) is 0 Å². The topological polar surface area (TPSA) is 41.5 Å². The summed E-state index contributed by atoms with van der Waals surface area (Å²) >= 11 is 3.34. The van der Waals surface area contributed by atoms with Crippen LogP contribution in [0, 0.1) is 12.7 Å². The highest BCUT2D eigenvalue weighted by atomic mass is 79.9. The summed E-state index contributed by atoms with van der Waals surface area (Å²) in [5.74, 6) is 0.348. The predicted octanol–water partition coefficient (Wildman–Crippen LogP) is 3.75. The molecular formula is C16H17BrFNO2. The fourth-order valence-electron chi connectivity index (χ4n) is 1.78. The van der Waals surface area contributed by atoms with Crippen LogP contribution in [0.15, 0.2) is 46.9 Å². The molecule has 0 aliphatic heterocycles. The van der Waals surface area contributed by atoms with E-state index in [1.54, 1.807) is 12.1 Å². The van der Waals surface area contributed by atoms with Gasteiger partial charge in [-0.3, -0.25) is 0 Å². The number of ether oxygens (including phenoxy) is 1. The third-order valence-corrected chi connectivity index (χ3v) is 3.43. The van der Waals surface area contributed by atoms with Crippen LogP contribution in [-0.2, 0) is 0 Å². The van der Waals surface area contributed by atoms with E-state index in [1.165, 1.54) is 6.07 Å². The Morgan fingerprint density at radius 2 is 1.95 bits per heavy atom. The summed E-state index contributed by atoms with van der Waals surface area (Å²) in [4.78, 5) is 0. The maximum atomic E-state index is 13.5. The van der Waals surface area contributed by atoms with Crippen LogP contribution in [0.3, 0.4) is 0 Å². The Morgan fingerprint density at radius 1 is 1.24 bits per heavy atom. The van der Waals surface area contributed by atoms with Crippen LogP contribution in [0.1, 0.15) is 5.56 Å². The van der Waals surface area contributed by atoms with Crippen molar-refractivity contribution in [2.24, 2.45) is 0 Å². The molecule has 0 aliphatic carbocycles. The minimum absolute atomic E-state index is 0.141. The van der Waals surface area contributed by atoms with Crippen LogP contribution < -0.4 is 10.1 Å². The van der Waals surface area contributed by atoms with Gasteiger partial charge in [0.25, 0.3) is 0 Å². The van der Waals surface area contributed by atoms with E-state index >= 15 is 0 Å². The molecule has 0 radical (unpaired) electrons. The first-order valence-electron chi connectivity index (χ1n) is 6.61. The maximum absolute atomic E-state index is 13.5. The van der Waals surface area contributed by atoms with Crippen LogP contribution in [-0.4, -0.2) is 24.4 Å². The Bertz CT molecular complexity index is 589. The minimum Gasteiger partial charge on any atom is -0.491 e. The molecule has 3 nitrogen and oxygen atoms in total. The van der Waals surface area contributed by atoms with Gasteiger partial charge in [0.1, 0.15) is 24.3 Å². The molecule has 0 saturated carbocycles. The lowest BCUT2D eigenvalue weighted by atomic mass is 10.2. The Hall–Kier alpha value is -1.59. The van der Waals surface area contributed by atoms with Gasteiger partial charge in [0, 0.05) is 11.0 Å². The summed E-state index contributed by atoms with van der Waals surface area (Å²) in [6.07, 6.45) is -0.728. The van der Waals surface area contributed by atoms with Crippen LogP contribution in [0.4, 0.5) is 10.1 Å². The van der Waals surface area contributed by atoms with Crippen molar-refractivity contribution in [2.45, 2.75) is 13.0 Å². The van der Waals surface area contributed by atoms with Crippen molar-refractivity contribution in [1.29, 1.82) is 0 Å². The number of benzene rings is 2. The Kier molecular flexibility index (Phi) is 5.59. The monoisotopic (exact) mass is 353 g/mol. The highest BCUT2D eigenvalue weighted by Crippen LogP contribution is 2.17. The minimum atomic E-state index is -0.728. The lowest BCUT2D eigenvalue weighted by Gasteiger charge is -2.14. The van der Waals surface area contributed by atoms with Gasteiger partial charge in [-0.05, 0) is 48.9 Å². The molecule has 2 rings (SSSR count). The smallest absolute Gasteiger partial charge is 0.146 e. The predicted molar refractivity (Wildman–Crippen MR) is 85.3 cm³/mol. The third kappa shape index (κ3) is 5.02. The lowest BCUT2D eigenvalue weighted by Crippen LogP contribution is -2.26. The number of aliphatic hydroxyl groups excluding tert-OH is 1. The maximum Gasteiger partial charge on any atom is 0.146 e. The molecule has 2 N–H and O–H groups in total. The summed E-state index contributed by atoms with van der Waals surface area (Å²) in [7, 11) is 0. The van der Waals surface area contributed by atoms with Crippen molar-refractivity contribution in [3.63, 3.8) is 0 Å². The fourth-order valence-corrected chi connectivity index (χ4v) is 2.05. The van der Waals surface area contributed by atoms with Gasteiger partial charge in [0.15, 0.2) is 0 Å². The van der Waals surface area contributed by atoms with Crippen LogP contribution in [0.2, 0.25) is 0 Å². The summed E-state index contributed by atoms with van der Waals surface area (Å²) < 4.78 is 20.0. The second kappa shape index (κ2) is 7.43. The Balaban J connectivity index is 1.80. The number of aryl methyl sites for hydroxylation is 1. The number of aliphatic hydroxyl groups is 1. The van der Waals surface area contributed by atoms with Crippen LogP contribution in [0.5, 0.6) is 5.75 Å². The van der Waals surface area contributed by atoms with Gasteiger partial charge in [-0.1, -0.05) is 22.0 Å². The molecule has 21 heavy (non-hydrogen) atoms. The van der Waals surface area contributed by atoms with Crippen molar-refractivity contribution < 1.29 is 14.2 Å². The number of anilines is 1. The van der Waals surface area contributed by atoms with Gasteiger partial charge < -0.3 is 15.2 Å². The van der Waals surface area contributed by atoms with Crippen LogP contribution >= 0.6 is 15.9 Å². The number of hydrogen-bond acceptors (Lipinski definition) is 3. The molecule has 0 fully saturated rings. The van der Waals surface area contributed by atoms with Crippen molar-refractivity contribution >= 4 is 21.6 Å². The first-order chi connectivity index (χ1) is 10.0. The third-order valence-electron chi connectivity index (χ3n) is 2.91. The second-order valence-electron chi connectivity index (χ2n) is 4.78.